The monoisotopic (exact) mass is 317 g/mol. The van der Waals surface area contributed by atoms with Crippen molar-refractivity contribution in [2.24, 2.45) is 0 Å². The lowest BCUT2D eigenvalue weighted by Crippen LogP contribution is -2.46. The van der Waals surface area contributed by atoms with Crippen molar-refractivity contribution in [2.45, 2.75) is 45.2 Å². The van der Waals surface area contributed by atoms with Gasteiger partial charge in [0.1, 0.15) is 4.90 Å². The molecule has 0 aromatic carbocycles. The van der Waals surface area contributed by atoms with Crippen LogP contribution in [0, 0.1) is 0 Å². The van der Waals surface area contributed by atoms with Gasteiger partial charge in [-0.15, -0.1) is 0 Å². The van der Waals surface area contributed by atoms with Crippen LogP contribution in [0.3, 0.4) is 0 Å². The molecule has 9 heteroatoms. The molecule has 1 amide bonds. The van der Waals surface area contributed by atoms with Crippen LogP contribution in [0.2, 0.25) is 0 Å². The number of nitrogen functional groups attached to an aromatic ring is 1. The molecule has 3 N–H and O–H groups in total. The summed E-state index contributed by atoms with van der Waals surface area (Å²) in [5.41, 5.74) is 5.62. The summed E-state index contributed by atoms with van der Waals surface area (Å²) >= 11 is 0. The first-order valence-electron chi connectivity index (χ1n) is 6.90. The molecule has 0 aliphatic carbocycles. The second kappa shape index (κ2) is 6.90. The molecule has 21 heavy (non-hydrogen) atoms. The summed E-state index contributed by atoms with van der Waals surface area (Å²) in [6, 6.07) is -0.862. The number of anilines is 1. The first-order valence-corrected chi connectivity index (χ1v) is 8.39. The summed E-state index contributed by atoms with van der Waals surface area (Å²) in [5, 5.41) is 3.89. The van der Waals surface area contributed by atoms with E-state index < -0.39 is 16.1 Å². The number of nitrogens with one attached hydrogen (secondary N) is 1. The van der Waals surface area contributed by atoms with E-state index in [1.807, 2.05) is 20.8 Å². The van der Waals surface area contributed by atoms with Gasteiger partial charge >= 0.3 is 0 Å². The van der Waals surface area contributed by atoms with Crippen LogP contribution >= 0.6 is 0 Å². The highest BCUT2D eigenvalue weighted by Gasteiger charge is 2.27. The smallest absolute Gasteiger partial charge is 0.246 e. The second-order valence-electron chi connectivity index (χ2n) is 4.59. The van der Waals surface area contributed by atoms with E-state index in [9.17, 15) is 13.2 Å². The molecular weight excluding hydrogens is 294 g/mol. The Morgan fingerprint density at radius 2 is 2.00 bits per heavy atom. The van der Waals surface area contributed by atoms with E-state index in [2.05, 4.69) is 9.82 Å². The minimum Gasteiger partial charge on any atom is -0.381 e. The predicted molar refractivity (Wildman–Crippen MR) is 80.0 cm³/mol. The number of nitrogens with two attached hydrogens (primary N) is 1. The van der Waals surface area contributed by atoms with Gasteiger partial charge in [0.2, 0.25) is 15.9 Å². The average molecular weight is 317 g/mol. The molecule has 0 aliphatic heterocycles. The van der Waals surface area contributed by atoms with Gasteiger partial charge in [0.05, 0.1) is 6.04 Å². The second-order valence-corrected chi connectivity index (χ2v) is 6.27. The number of hydrogen-bond donors (Lipinski definition) is 2. The maximum atomic E-state index is 12.3. The van der Waals surface area contributed by atoms with Crippen molar-refractivity contribution in [1.82, 2.24) is 19.4 Å². The zero-order valence-corrected chi connectivity index (χ0v) is 13.6. The van der Waals surface area contributed by atoms with E-state index in [0.717, 1.165) is 0 Å². The Labute approximate surface area is 125 Å². The van der Waals surface area contributed by atoms with E-state index in [0.29, 0.717) is 19.6 Å². The number of rotatable bonds is 7. The van der Waals surface area contributed by atoms with Gasteiger partial charge in [-0.2, -0.15) is 9.82 Å². The quantitative estimate of drug-likeness (QED) is 0.736. The van der Waals surface area contributed by atoms with Crippen LogP contribution in [0.4, 0.5) is 5.82 Å². The fraction of sp³-hybridized carbons (Fsp3) is 0.667. The number of carbonyl (C=O) groups excluding carboxylic acids is 1. The third-order valence-corrected chi connectivity index (χ3v) is 4.70. The fourth-order valence-electron chi connectivity index (χ4n) is 1.94. The molecule has 0 fully saturated rings. The summed E-state index contributed by atoms with van der Waals surface area (Å²) in [4.78, 5) is 13.6. The van der Waals surface area contributed by atoms with Gasteiger partial charge in [-0.05, 0) is 27.7 Å². The Hall–Kier alpha value is -1.61. The Balaban J connectivity index is 2.94. The first-order chi connectivity index (χ1) is 9.76. The summed E-state index contributed by atoms with van der Waals surface area (Å²) in [6.45, 7) is 8.57. The third-order valence-electron chi connectivity index (χ3n) is 3.15. The van der Waals surface area contributed by atoms with Crippen molar-refractivity contribution in [3.8, 4) is 0 Å². The first kappa shape index (κ1) is 17.4. The number of nitrogens with zero attached hydrogens (tertiary/aromatic N) is 3. The van der Waals surface area contributed by atoms with E-state index >= 15 is 0 Å². The molecule has 1 rings (SSSR count). The van der Waals surface area contributed by atoms with Crippen LogP contribution in [0.25, 0.3) is 0 Å². The van der Waals surface area contributed by atoms with Crippen LogP contribution < -0.4 is 10.5 Å². The van der Waals surface area contributed by atoms with Crippen molar-refractivity contribution < 1.29 is 13.2 Å². The number of hydrogen-bond acceptors (Lipinski definition) is 5. The van der Waals surface area contributed by atoms with Crippen LogP contribution in [-0.4, -0.2) is 48.1 Å². The van der Waals surface area contributed by atoms with E-state index in [4.69, 9.17) is 5.73 Å². The SMILES string of the molecule is CCN(CC)C(=O)C(C)NS(=O)(=O)c1cn(CC)nc1N. The normalized spacial score (nSPS) is 13.1. The Morgan fingerprint density at radius 1 is 1.43 bits per heavy atom. The highest BCUT2D eigenvalue weighted by molar-refractivity contribution is 7.89. The number of carbonyl (C=O) groups is 1. The minimum absolute atomic E-state index is 0.0770. The summed E-state index contributed by atoms with van der Waals surface area (Å²) in [7, 11) is -3.88. The van der Waals surface area contributed by atoms with Gasteiger partial charge < -0.3 is 10.6 Å². The molecule has 1 aromatic heterocycles. The van der Waals surface area contributed by atoms with Crippen molar-refractivity contribution in [3.63, 3.8) is 0 Å². The molecule has 120 valence electrons. The van der Waals surface area contributed by atoms with Gasteiger partial charge in [-0.3, -0.25) is 9.48 Å². The lowest BCUT2D eigenvalue weighted by Gasteiger charge is -2.23. The summed E-state index contributed by atoms with van der Waals surface area (Å²) < 4.78 is 28.3. The maximum Gasteiger partial charge on any atom is 0.246 e. The topological polar surface area (TPSA) is 110 Å². The summed E-state index contributed by atoms with van der Waals surface area (Å²) in [5.74, 6) is -0.350. The van der Waals surface area contributed by atoms with Crippen molar-refractivity contribution in [2.75, 3.05) is 18.8 Å². The molecule has 0 saturated carbocycles. The van der Waals surface area contributed by atoms with Crippen molar-refractivity contribution in [1.29, 1.82) is 0 Å². The van der Waals surface area contributed by atoms with Crippen LogP contribution in [0.1, 0.15) is 27.7 Å². The molecule has 0 bridgehead atoms. The van der Waals surface area contributed by atoms with E-state index in [1.165, 1.54) is 17.8 Å². The molecule has 1 unspecified atom stereocenters. The number of aromatic nitrogens is 2. The molecule has 0 radical (unpaired) electrons. The maximum absolute atomic E-state index is 12.3. The predicted octanol–water partition coefficient (Wildman–Crippen LogP) is 0.0204. The number of amides is 1. The van der Waals surface area contributed by atoms with E-state index in [-0.39, 0.29) is 16.6 Å². The summed E-state index contributed by atoms with van der Waals surface area (Å²) in [6.07, 6.45) is 1.35. The third kappa shape index (κ3) is 3.94. The molecular formula is C12H23N5O3S. The van der Waals surface area contributed by atoms with Gasteiger partial charge in [-0.1, -0.05) is 0 Å². The Bertz CT molecular complexity index is 592. The molecule has 0 aliphatic rings. The minimum atomic E-state index is -3.88. The molecule has 0 spiro atoms. The van der Waals surface area contributed by atoms with E-state index in [1.54, 1.807) is 4.90 Å². The van der Waals surface area contributed by atoms with Crippen molar-refractivity contribution in [3.05, 3.63) is 6.20 Å². The zero-order chi connectivity index (χ0) is 16.2. The number of aryl methyl sites for hydroxylation is 1. The van der Waals surface area contributed by atoms with Gasteiger partial charge in [0, 0.05) is 25.8 Å². The van der Waals surface area contributed by atoms with Crippen molar-refractivity contribution >= 4 is 21.7 Å². The number of likely N-dealkylation sites (N-methyl/N-ethyl adjacent to an activating group) is 1. The lowest BCUT2D eigenvalue weighted by molar-refractivity contribution is -0.132. The molecule has 1 atom stereocenters. The molecule has 1 heterocycles. The average Bonchev–Trinajstić information content (AvgIpc) is 2.81. The standard InChI is InChI=1S/C12H23N5O3S/c1-5-16(6-2)12(18)9(4)15-21(19,20)10-8-17(7-3)14-11(10)13/h8-9,15H,5-7H2,1-4H3,(H2,13,14). The Morgan fingerprint density at radius 3 is 2.43 bits per heavy atom. The molecule has 0 saturated heterocycles. The van der Waals surface area contributed by atoms with Crippen LogP contribution in [-0.2, 0) is 21.4 Å². The van der Waals surface area contributed by atoms with Gasteiger partial charge in [0.15, 0.2) is 5.82 Å². The highest BCUT2D eigenvalue weighted by Crippen LogP contribution is 2.16. The van der Waals surface area contributed by atoms with Gasteiger partial charge in [0.25, 0.3) is 0 Å². The van der Waals surface area contributed by atoms with Crippen LogP contribution in [0.15, 0.2) is 11.1 Å². The zero-order valence-electron chi connectivity index (χ0n) is 12.8. The lowest BCUT2D eigenvalue weighted by atomic mass is 10.3. The highest BCUT2D eigenvalue weighted by atomic mass is 32.2. The molecule has 1 aromatic rings. The fourth-order valence-corrected chi connectivity index (χ4v) is 3.21. The molecule has 8 nitrogen and oxygen atoms in total. The Kier molecular flexibility index (Phi) is 5.73. The number of sulfonamides is 1. The largest absolute Gasteiger partial charge is 0.381 e. The van der Waals surface area contributed by atoms with Crippen LogP contribution in [0.5, 0.6) is 0 Å². The van der Waals surface area contributed by atoms with Gasteiger partial charge in [-0.25, -0.2) is 8.42 Å².